The first kappa shape index (κ1) is 10.9. The fraction of sp³-hybridized carbons (Fsp3) is 0.357. The number of rotatable bonds is 3. The molecule has 1 aliphatic heterocycles. The molecule has 0 saturated heterocycles. The highest BCUT2D eigenvalue weighted by molar-refractivity contribution is 5.96. The Hall–Kier alpha value is -1.57. The van der Waals surface area contributed by atoms with Gasteiger partial charge in [0, 0.05) is 18.7 Å². The van der Waals surface area contributed by atoms with Crippen LogP contribution < -0.4 is 0 Å². The smallest absolute Gasteiger partial charge is 0.254 e. The zero-order chi connectivity index (χ0) is 11.5. The maximum absolute atomic E-state index is 12.1. The predicted octanol–water partition coefficient (Wildman–Crippen LogP) is 2.65. The maximum atomic E-state index is 12.1. The first-order chi connectivity index (χ1) is 7.68. The minimum absolute atomic E-state index is 0.170. The molecule has 2 rings (SSSR count). The van der Waals surface area contributed by atoms with Crippen LogP contribution in [-0.4, -0.2) is 23.9 Å². The van der Waals surface area contributed by atoms with E-state index in [4.69, 9.17) is 0 Å². The number of nitrogens with zero attached hydrogens (tertiary/aromatic N) is 1. The van der Waals surface area contributed by atoms with Gasteiger partial charge in [0.25, 0.3) is 5.91 Å². The zero-order valence-corrected chi connectivity index (χ0v) is 9.70. The van der Waals surface area contributed by atoms with Gasteiger partial charge >= 0.3 is 0 Å². The van der Waals surface area contributed by atoms with E-state index in [0.29, 0.717) is 0 Å². The lowest BCUT2D eigenvalue weighted by Crippen LogP contribution is -2.38. The predicted molar refractivity (Wildman–Crippen MR) is 65.5 cm³/mol. The third-order valence-corrected chi connectivity index (χ3v) is 2.99. The molecule has 2 heteroatoms. The van der Waals surface area contributed by atoms with Gasteiger partial charge < -0.3 is 4.90 Å². The van der Waals surface area contributed by atoms with Crippen LogP contribution in [0.4, 0.5) is 0 Å². The summed E-state index contributed by atoms with van der Waals surface area (Å²) in [4.78, 5) is 14.1. The van der Waals surface area contributed by atoms with Crippen LogP contribution in [0.3, 0.4) is 0 Å². The van der Waals surface area contributed by atoms with E-state index >= 15 is 0 Å². The lowest BCUT2D eigenvalue weighted by molar-refractivity contribution is 0.0742. The number of fused-ring (bicyclic) bond motifs is 1. The Bertz CT molecular complexity index is 422. The number of hydrogen-bond acceptors (Lipinski definition) is 1. The molecule has 0 N–H and O–H groups in total. The number of carbonyl (C=O) groups is 1. The molecule has 0 radical (unpaired) electrons. The lowest BCUT2D eigenvalue weighted by Gasteiger charge is -2.28. The summed E-state index contributed by atoms with van der Waals surface area (Å²) in [6, 6.07) is 7.89. The van der Waals surface area contributed by atoms with Crippen molar-refractivity contribution in [3.05, 3.63) is 47.5 Å². The van der Waals surface area contributed by atoms with Crippen LogP contribution in [0.2, 0.25) is 0 Å². The third-order valence-electron chi connectivity index (χ3n) is 2.99. The van der Waals surface area contributed by atoms with Crippen molar-refractivity contribution in [2.45, 2.75) is 19.8 Å². The highest BCUT2D eigenvalue weighted by atomic mass is 16.2. The number of benzene rings is 1. The van der Waals surface area contributed by atoms with Crippen LogP contribution in [0.15, 0.2) is 36.4 Å². The minimum atomic E-state index is 0.170. The third kappa shape index (κ3) is 2.16. The van der Waals surface area contributed by atoms with Gasteiger partial charge in [0.05, 0.1) is 0 Å². The maximum Gasteiger partial charge on any atom is 0.254 e. The molecule has 1 amide bonds. The van der Waals surface area contributed by atoms with E-state index in [1.165, 1.54) is 5.56 Å². The molecule has 1 heterocycles. The average Bonchev–Trinajstić information content (AvgIpc) is 2.28. The van der Waals surface area contributed by atoms with Gasteiger partial charge in [-0.15, -0.1) is 6.58 Å². The molecule has 0 bridgehead atoms. The first-order valence-corrected chi connectivity index (χ1v) is 5.70. The van der Waals surface area contributed by atoms with Crippen LogP contribution in [0.5, 0.6) is 0 Å². The summed E-state index contributed by atoms with van der Waals surface area (Å²) in [6.07, 6.45) is 1.87. The average molecular weight is 215 g/mol. The van der Waals surface area contributed by atoms with Crippen molar-refractivity contribution in [3.63, 3.8) is 0 Å². The van der Waals surface area contributed by atoms with Gasteiger partial charge in [-0.05, 0) is 31.4 Å². The van der Waals surface area contributed by atoms with Gasteiger partial charge in [-0.25, -0.2) is 0 Å². The molecule has 0 fully saturated rings. The standard InChI is InChI=1S/C14H17NO/c1-11(2)7-9-15-10-8-12-5-3-4-6-13(12)14(15)16/h3-6H,1,7-10H2,2H3. The van der Waals surface area contributed by atoms with E-state index in [2.05, 4.69) is 6.58 Å². The molecule has 0 spiro atoms. The van der Waals surface area contributed by atoms with Crippen molar-refractivity contribution in [3.8, 4) is 0 Å². The van der Waals surface area contributed by atoms with E-state index < -0.39 is 0 Å². The van der Waals surface area contributed by atoms with E-state index in [0.717, 1.165) is 37.1 Å². The van der Waals surface area contributed by atoms with Gasteiger partial charge in [0.2, 0.25) is 0 Å². The number of hydrogen-bond donors (Lipinski definition) is 0. The van der Waals surface area contributed by atoms with E-state index in [1.54, 1.807) is 0 Å². The molecule has 0 unspecified atom stereocenters. The second-order valence-electron chi connectivity index (χ2n) is 4.41. The quantitative estimate of drug-likeness (QED) is 0.710. The first-order valence-electron chi connectivity index (χ1n) is 5.70. The molecule has 1 aliphatic rings. The van der Waals surface area contributed by atoms with Crippen LogP contribution in [-0.2, 0) is 6.42 Å². The van der Waals surface area contributed by atoms with Crippen molar-refractivity contribution < 1.29 is 4.79 Å². The van der Waals surface area contributed by atoms with Crippen LogP contribution in [0.25, 0.3) is 0 Å². The molecule has 0 saturated carbocycles. The van der Waals surface area contributed by atoms with Gasteiger partial charge in [-0.3, -0.25) is 4.79 Å². The Labute approximate surface area is 96.6 Å². The topological polar surface area (TPSA) is 20.3 Å². The summed E-state index contributed by atoms with van der Waals surface area (Å²) in [7, 11) is 0. The van der Waals surface area contributed by atoms with Crippen molar-refractivity contribution >= 4 is 5.91 Å². The Morgan fingerprint density at radius 2 is 2.19 bits per heavy atom. The summed E-state index contributed by atoms with van der Waals surface area (Å²) in [5.41, 5.74) is 3.18. The molecule has 0 atom stereocenters. The molecule has 0 aliphatic carbocycles. The summed E-state index contributed by atoms with van der Waals surface area (Å²) >= 11 is 0. The summed E-state index contributed by atoms with van der Waals surface area (Å²) < 4.78 is 0. The van der Waals surface area contributed by atoms with Crippen molar-refractivity contribution in [1.29, 1.82) is 0 Å². The molecule has 1 aromatic carbocycles. The molecular weight excluding hydrogens is 198 g/mol. The Balaban J connectivity index is 2.12. The van der Waals surface area contributed by atoms with Crippen molar-refractivity contribution in [1.82, 2.24) is 4.90 Å². The molecule has 16 heavy (non-hydrogen) atoms. The Morgan fingerprint density at radius 1 is 1.44 bits per heavy atom. The summed E-state index contributed by atoms with van der Waals surface area (Å²) in [5.74, 6) is 0.170. The van der Waals surface area contributed by atoms with Gasteiger partial charge in [-0.1, -0.05) is 23.8 Å². The van der Waals surface area contributed by atoms with Gasteiger partial charge in [0.1, 0.15) is 0 Å². The van der Waals surface area contributed by atoms with Crippen LogP contribution in [0.1, 0.15) is 29.3 Å². The zero-order valence-electron chi connectivity index (χ0n) is 9.70. The fourth-order valence-corrected chi connectivity index (χ4v) is 2.01. The number of amides is 1. The van der Waals surface area contributed by atoms with Gasteiger partial charge in [0.15, 0.2) is 0 Å². The molecular formula is C14H17NO. The molecule has 2 nitrogen and oxygen atoms in total. The highest BCUT2D eigenvalue weighted by Crippen LogP contribution is 2.18. The Morgan fingerprint density at radius 3 is 2.94 bits per heavy atom. The Kier molecular flexibility index (Phi) is 3.09. The van der Waals surface area contributed by atoms with Crippen LogP contribution >= 0.6 is 0 Å². The van der Waals surface area contributed by atoms with Crippen LogP contribution in [0, 0.1) is 0 Å². The fourth-order valence-electron chi connectivity index (χ4n) is 2.01. The monoisotopic (exact) mass is 215 g/mol. The minimum Gasteiger partial charge on any atom is -0.338 e. The van der Waals surface area contributed by atoms with E-state index in [9.17, 15) is 4.79 Å². The molecule has 0 aromatic heterocycles. The lowest BCUT2D eigenvalue weighted by atomic mass is 9.99. The highest BCUT2D eigenvalue weighted by Gasteiger charge is 2.22. The van der Waals surface area contributed by atoms with Crippen molar-refractivity contribution in [2.24, 2.45) is 0 Å². The second-order valence-corrected chi connectivity index (χ2v) is 4.41. The summed E-state index contributed by atoms with van der Waals surface area (Å²) in [5, 5.41) is 0. The van der Waals surface area contributed by atoms with Crippen molar-refractivity contribution in [2.75, 3.05) is 13.1 Å². The second kappa shape index (κ2) is 4.52. The molecule has 1 aromatic rings. The SMILES string of the molecule is C=C(C)CCN1CCc2ccccc2C1=O. The van der Waals surface area contributed by atoms with E-state index in [1.807, 2.05) is 36.1 Å². The number of carbonyl (C=O) groups excluding carboxylic acids is 1. The van der Waals surface area contributed by atoms with E-state index in [-0.39, 0.29) is 5.91 Å². The normalized spacial score (nSPS) is 14.8. The largest absolute Gasteiger partial charge is 0.338 e. The molecule has 84 valence electrons. The van der Waals surface area contributed by atoms with Gasteiger partial charge in [-0.2, -0.15) is 0 Å². The summed E-state index contributed by atoms with van der Waals surface area (Å²) in [6.45, 7) is 7.50.